The molecular formula is C19H24IN5O2. The lowest BCUT2D eigenvalue weighted by atomic mass is 10.2. The molecule has 0 amide bonds. The number of nitrogens with one attached hydrogen (secondary N) is 2. The molecule has 1 atom stereocenters. The number of non-ortho nitro benzene ring substituents is 1. The number of nitro benzene ring substituents is 1. The molecule has 3 rings (SSSR count). The van der Waals surface area contributed by atoms with Crippen LogP contribution in [-0.4, -0.2) is 37.1 Å². The smallest absolute Gasteiger partial charge is 0.269 e. The first-order valence-electron chi connectivity index (χ1n) is 8.66. The van der Waals surface area contributed by atoms with Crippen LogP contribution >= 0.6 is 24.0 Å². The molecular weight excluding hydrogens is 457 g/mol. The fraction of sp³-hybridized carbons (Fsp3) is 0.316. The van der Waals surface area contributed by atoms with Crippen molar-refractivity contribution in [1.29, 1.82) is 0 Å². The van der Waals surface area contributed by atoms with Crippen molar-refractivity contribution in [3.63, 3.8) is 0 Å². The molecule has 1 saturated heterocycles. The first-order valence-corrected chi connectivity index (χ1v) is 8.66. The number of aliphatic imine (C=N–C) groups is 1. The number of guanidine groups is 1. The van der Waals surface area contributed by atoms with Gasteiger partial charge in [0.25, 0.3) is 5.69 Å². The summed E-state index contributed by atoms with van der Waals surface area (Å²) in [7, 11) is 1.73. The van der Waals surface area contributed by atoms with Gasteiger partial charge in [-0.2, -0.15) is 0 Å². The van der Waals surface area contributed by atoms with Gasteiger partial charge in [0.1, 0.15) is 0 Å². The van der Waals surface area contributed by atoms with Crippen LogP contribution < -0.4 is 15.5 Å². The van der Waals surface area contributed by atoms with Crippen LogP contribution in [0, 0.1) is 10.1 Å². The van der Waals surface area contributed by atoms with Crippen LogP contribution in [0.2, 0.25) is 0 Å². The number of hydrogen-bond acceptors (Lipinski definition) is 4. The lowest BCUT2D eigenvalue weighted by Crippen LogP contribution is -2.44. The van der Waals surface area contributed by atoms with Crippen molar-refractivity contribution in [3.05, 3.63) is 70.3 Å². The highest BCUT2D eigenvalue weighted by molar-refractivity contribution is 14.0. The van der Waals surface area contributed by atoms with E-state index in [4.69, 9.17) is 0 Å². The maximum atomic E-state index is 10.9. The second kappa shape index (κ2) is 10.1. The molecule has 1 aliphatic heterocycles. The summed E-state index contributed by atoms with van der Waals surface area (Å²) in [4.78, 5) is 17.1. The molecule has 1 fully saturated rings. The summed E-state index contributed by atoms with van der Waals surface area (Å²) in [6.45, 7) is 2.40. The van der Waals surface area contributed by atoms with Crippen LogP contribution in [-0.2, 0) is 6.54 Å². The average molecular weight is 481 g/mol. The standard InChI is InChI=1S/C19H23N5O2.HI/c1-20-19(21-13-15-6-5-9-18(12-15)24(25)26)22-16-10-11-23(14-16)17-7-3-2-4-8-17;/h2-9,12,16H,10-11,13-14H2,1H3,(H2,20,21,22);1H. The maximum absolute atomic E-state index is 10.9. The van der Waals surface area contributed by atoms with Crippen molar-refractivity contribution in [2.45, 2.75) is 19.0 Å². The minimum absolute atomic E-state index is 0. The van der Waals surface area contributed by atoms with E-state index in [1.807, 2.05) is 12.1 Å². The second-order valence-electron chi connectivity index (χ2n) is 6.26. The van der Waals surface area contributed by atoms with Crippen molar-refractivity contribution in [2.75, 3.05) is 25.0 Å². The topological polar surface area (TPSA) is 82.8 Å². The van der Waals surface area contributed by atoms with E-state index in [9.17, 15) is 10.1 Å². The third-order valence-electron chi connectivity index (χ3n) is 4.46. The SMILES string of the molecule is CN=C(NCc1cccc([N+](=O)[O-])c1)NC1CCN(c2ccccc2)C1.I. The van der Waals surface area contributed by atoms with E-state index in [1.165, 1.54) is 11.8 Å². The third kappa shape index (κ3) is 5.81. The lowest BCUT2D eigenvalue weighted by Gasteiger charge is -2.20. The van der Waals surface area contributed by atoms with E-state index >= 15 is 0 Å². The number of nitrogens with zero attached hydrogens (tertiary/aromatic N) is 3. The fourth-order valence-corrected chi connectivity index (χ4v) is 3.11. The molecule has 0 bridgehead atoms. The Morgan fingerprint density at radius 2 is 2.04 bits per heavy atom. The zero-order chi connectivity index (χ0) is 18.4. The molecule has 0 aliphatic carbocycles. The van der Waals surface area contributed by atoms with Gasteiger partial charge in [-0.25, -0.2) is 0 Å². The highest BCUT2D eigenvalue weighted by Crippen LogP contribution is 2.19. The van der Waals surface area contributed by atoms with Crippen LogP contribution in [0.3, 0.4) is 0 Å². The zero-order valence-electron chi connectivity index (χ0n) is 15.2. The minimum Gasteiger partial charge on any atom is -0.369 e. The molecule has 27 heavy (non-hydrogen) atoms. The van der Waals surface area contributed by atoms with Crippen LogP contribution in [0.25, 0.3) is 0 Å². The van der Waals surface area contributed by atoms with Gasteiger partial charge < -0.3 is 15.5 Å². The maximum Gasteiger partial charge on any atom is 0.269 e. The first-order chi connectivity index (χ1) is 12.7. The number of anilines is 1. The van der Waals surface area contributed by atoms with Crippen molar-refractivity contribution in [1.82, 2.24) is 10.6 Å². The van der Waals surface area contributed by atoms with E-state index in [0.29, 0.717) is 18.5 Å². The molecule has 1 heterocycles. The second-order valence-corrected chi connectivity index (χ2v) is 6.26. The number of para-hydroxylation sites is 1. The molecule has 2 aromatic rings. The number of halogens is 1. The highest BCUT2D eigenvalue weighted by atomic mass is 127. The highest BCUT2D eigenvalue weighted by Gasteiger charge is 2.23. The van der Waals surface area contributed by atoms with E-state index in [-0.39, 0.29) is 34.6 Å². The number of hydrogen-bond donors (Lipinski definition) is 2. The van der Waals surface area contributed by atoms with Crippen LogP contribution in [0.4, 0.5) is 11.4 Å². The lowest BCUT2D eigenvalue weighted by molar-refractivity contribution is -0.384. The molecule has 0 aromatic heterocycles. The van der Waals surface area contributed by atoms with E-state index in [1.54, 1.807) is 19.2 Å². The van der Waals surface area contributed by atoms with Gasteiger partial charge in [-0.3, -0.25) is 15.1 Å². The Bertz CT molecular complexity index is 785. The molecule has 144 valence electrons. The summed E-state index contributed by atoms with van der Waals surface area (Å²) in [5.41, 5.74) is 2.18. The van der Waals surface area contributed by atoms with Crippen molar-refractivity contribution in [3.8, 4) is 0 Å². The Hall–Kier alpha value is -2.36. The minimum atomic E-state index is -0.382. The van der Waals surface area contributed by atoms with Gasteiger partial charge in [-0.15, -0.1) is 24.0 Å². The van der Waals surface area contributed by atoms with Crippen LogP contribution in [0.1, 0.15) is 12.0 Å². The summed E-state index contributed by atoms with van der Waals surface area (Å²) >= 11 is 0. The molecule has 0 radical (unpaired) electrons. The van der Waals surface area contributed by atoms with Gasteiger partial charge in [0.05, 0.1) is 4.92 Å². The predicted octanol–water partition coefficient (Wildman–Crippen LogP) is 3.16. The molecule has 8 heteroatoms. The Labute approximate surface area is 176 Å². The van der Waals surface area contributed by atoms with Gasteiger partial charge >= 0.3 is 0 Å². The molecule has 7 nitrogen and oxygen atoms in total. The molecule has 0 spiro atoms. The largest absolute Gasteiger partial charge is 0.369 e. The van der Waals surface area contributed by atoms with Gasteiger partial charge in [0, 0.05) is 50.5 Å². The van der Waals surface area contributed by atoms with E-state index in [0.717, 1.165) is 25.1 Å². The van der Waals surface area contributed by atoms with Crippen LogP contribution in [0.15, 0.2) is 59.6 Å². The number of rotatable bonds is 5. The zero-order valence-corrected chi connectivity index (χ0v) is 17.5. The fourth-order valence-electron chi connectivity index (χ4n) is 3.11. The Morgan fingerprint density at radius 1 is 1.26 bits per heavy atom. The Balaban J connectivity index is 0.00000261. The molecule has 0 saturated carbocycles. The molecule has 1 aliphatic rings. The summed E-state index contributed by atoms with van der Waals surface area (Å²) in [5, 5.41) is 17.5. The summed E-state index contributed by atoms with van der Waals surface area (Å²) in [5.74, 6) is 0.705. The van der Waals surface area contributed by atoms with Crippen molar-refractivity contribution in [2.24, 2.45) is 4.99 Å². The summed E-state index contributed by atoms with van der Waals surface area (Å²) < 4.78 is 0. The first kappa shape index (κ1) is 20.9. The summed E-state index contributed by atoms with van der Waals surface area (Å²) in [6.07, 6.45) is 1.03. The van der Waals surface area contributed by atoms with Gasteiger partial charge in [-0.05, 0) is 24.1 Å². The normalized spacial score (nSPS) is 16.6. The van der Waals surface area contributed by atoms with E-state index in [2.05, 4.69) is 44.8 Å². The molecule has 2 aromatic carbocycles. The monoisotopic (exact) mass is 481 g/mol. The number of nitro groups is 1. The van der Waals surface area contributed by atoms with Crippen molar-refractivity contribution < 1.29 is 4.92 Å². The Morgan fingerprint density at radius 3 is 2.74 bits per heavy atom. The third-order valence-corrected chi connectivity index (χ3v) is 4.46. The Kier molecular flexibility index (Phi) is 7.83. The molecule has 1 unspecified atom stereocenters. The van der Waals surface area contributed by atoms with Crippen molar-refractivity contribution >= 4 is 41.3 Å². The van der Waals surface area contributed by atoms with E-state index < -0.39 is 0 Å². The van der Waals surface area contributed by atoms with Crippen LogP contribution in [0.5, 0.6) is 0 Å². The van der Waals surface area contributed by atoms with Gasteiger partial charge in [0.15, 0.2) is 5.96 Å². The molecule has 2 N–H and O–H groups in total. The quantitative estimate of drug-likeness (QED) is 0.226. The van der Waals surface area contributed by atoms with Gasteiger partial charge in [-0.1, -0.05) is 30.3 Å². The predicted molar refractivity (Wildman–Crippen MR) is 119 cm³/mol. The number of benzene rings is 2. The van der Waals surface area contributed by atoms with Gasteiger partial charge in [0.2, 0.25) is 0 Å². The summed E-state index contributed by atoms with van der Waals surface area (Å²) in [6, 6.07) is 17.3. The average Bonchev–Trinajstić information content (AvgIpc) is 3.14.